The van der Waals surface area contributed by atoms with Crippen LogP contribution in [0, 0.1) is 5.92 Å². The van der Waals surface area contributed by atoms with Crippen molar-refractivity contribution in [3.05, 3.63) is 58.6 Å². The lowest BCUT2D eigenvalue weighted by molar-refractivity contribution is -0.121. The van der Waals surface area contributed by atoms with E-state index < -0.39 is 0 Å². The summed E-state index contributed by atoms with van der Waals surface area (Å²) in [5.74, 6) is 1.81. The van der Waals surface area contributed by atoms with E-state index in [0.717, 1.165) is 5.56 Å². The number of thiophene rings is 1. The average Bonchev–Trinajstić information content (AvgIpc) is 3.32. The zero-order chi connectivity index (χ0) is 18.4. The number of carbonyl (C=O) groups excluding carboxylic acids is 1. The summed E-state index contributed by atoms with van der Waals surface area (Å²) >= 11 is 1.59. The maximum atomic E-state index is 12.2. The van der Waals surface area contributed by atoms with Crippen LogP contribution < -0.4 is 5.32 Å². The van der Waals surface area contributed by atoms with Crippen LogP contribution in [0.4, 0.5) is 0 Å². The fraction of sp³-hybridized carbons (Fsp3) is 0.350. The molecule has 1 amide bonds. The van der Waals surface area contributed by atoms with Gasteiger partial charge in [0.2, 0.25) is 17.6 Å². The number of nitrogens with zero attached hydrogens (tertiary/aromatic N) is 2. The summed E-state index contributed by atoms with van der Waals surface area (Å²) in [6, 6.07) is 12.2. The van der Waals surface area contributed by atoms with Gasteiger partial charge in [-0.1, -0.05) is 49.3 Å². The van der Waals surface area contributed by atoms with Crippen LogP contribution in [0.2, 0.25) is 0 Å². The molecule has 0 spiro atoms. The van der Waals surface area contributed by atoms with Crippen molar-refractivity contribution in [3.8, 4) is 11.4 Å². The molecule has 1 aromatic carbocycles. The molecule has 0 fully saturated rings. The fourth-order valence-electron chi connectivity index (χ4n) is 2.84. The summed E-state index contributed by atoms with van der Waals surface area (Å²) in [4.78, 5) is 16.6. The number of aryl methyl sites for hydroxylation is 1. The van der Waals surface area contributed by atoms with Gasteiger partial charge in [0, 0.05) is 36.2 Å². The van der Waals surface area contributed by atoms with Crippen LogP contribution in [-0.2, 0) is 11.2 Å². The van der Waals surface area contributed by atoms with E-state index in [1.807, 2.05) is 35.0 Å². The Labute approximate surface area is 157 Å². The third kappa shape index (κ3) is 4.79. The van der Waals surface area contributed by atoms with Crippen molar-refractivity contribution < 1.29 is 9.32 Å². The van der Waals surface area contributed by atoms with Crippen molar-refractivity contribution >= 4 is 17.2 Å². The molecule has 0 saturated heterocycles. The molecular formula is C20H23N3O2S. The van der Waals surface area contributed by atoms with E-state index in [9.17, 15) is 4.79 Å². The Morgan fingerprint density at radius 1 is 1.23 bits per heavy atom. The molecule has 1 N–H and O–H groups in total. The van der Waals surface area contributed by atoms with Crippen LogP contribution in [0.15, 0.2) is 51.7 Å². The average molecular weight is 369 g/mol. The molecule has 0 saturated carbocycles. The molecule has 0 bridgehead atoms. The second-order valence-corrected chi connectivity index (χ2v) is 7.37. The van der Waals surface area contributed by atoms with Crippen LogP contribution in [0.25, 0.3) is 11.4 Å². The number of nitrogens with one attached hydrogen (secondary N) is 1. The highest BCUT2D eigenvalue weighted by atomic mass is 32.1. The molecule has 0 aliphatic carbocycles. The molecule has 0 radical (unpaired) electrons. The molecule has 1 unspecified atom stereocenters. The Morgan fingerprint density at radius 3 is 2.73 bits per heavy atom. The van der Waals surface area contributed by atoms with Gasteiger partial charge in [0.25, 0.3) is 0 Å². The number of carbonyl (C=O) groups is 1. The van der Waals surface area contributed by atoms with Crippen LogP contribution in [0.5, 0.6) is 0 Å². The minimum Gasteiger partial charge on any atom is -0.355 e. The standard InChI is InChI=1S/C20H23N3O2S/c1-14(2)17(15-6-4-3-5-7-15)12-21-18(24)8-9-19-22-20(23-25-19)16-10-11-26-13-16/h3-7,10-11,13-14,17H,8-9,12H2,1-2H3,(H,21,24). The molecule has 3 rings (SSSR count). The van der Waals surface area contributed by atoms with Crippen LogP contribution in [0.1, 0.15) is 37.6 Å². The van der Waals surface area contributed by atoms with Crippen LogP contribution >= 0.6 is 11.3 Å². The van der Waals surface area contributed by atoms with Crippen LogP contribution in [0.3, 0.4) is 0 Å². The van der Waals surface area contributed by atoms with E-state index >= 15 is 0 Å². The summed E-state index contributed by atoms with van der Waals surface area (Å²) in [5, 5.41) is 10.9. The van der Waals surface area contributed by atoms with E-state index in [2.05, 4.69) is 41.4 Å². The molecule has 136 valence electrons. The molecule has 5 nitrogen and oxygen atoms in total. The lowest BCUT2D eigenvalue weighted by Gasteiger charge is -2.21. The van der Waals surface area contributed by atoms with Gasteiger partial charge in [-0.2, -0.15) is 16.3 Å². The Hall–Kier alpha value is -2.47. The second-order valence-electron chi connectivity index (χ2n) is 6.59. The second kappa shape index (κ2) is 8.76. The SMILES string of the molecule is CC(C)C(CNC(=O)CCc1nc(-c2ccsc2)no1)c1ccccc1. The number of rotatable bonds is 8. The zero-order valence-electron chi connectivity index (χ0n) is 15.0. The Bertz CT molecular complexity index is 813. The van der Waals surface area contributed by atoms with E-state index in [1.165, 1.54) is 5.56 Å². The summed E-state index contributed by atoms with van der Waals surface area (Å²) < 4.78 is 5.24. The highest BCUT2D eigenvalue weighted by Crippen LogP contribution is 2.23. The largest absolute Gasteiger partial charge is 0.355 e. The first-order valence-electron chi connectivity index (χ1n) is 8.80. The van der Waals surface area contributed by atoms with E-state index in [-0.39, 0.29) is 5.91 Å². The van der Waals surface area contributed by atoms with Crippen molar-refractivity contribution in [1.82, 2.24) is 15.5 Å². The van der Waals surface area contributed by atoms with Gasteiger partial charge in [-0.15, -0.1) is 0 Å². The molecule has 0 aliphatic heterocycles. The van der Waals surface area contributed by atoms with Gasteiger partial charge in [-0.25, -0.2) is 0 Å². The monoisotopic (exact) mass is 369 g/mol. The van der Waals surface area contributed by atoms with Gasteiger partial charge in [0.05, 0.1) is 0 Å². The molecule has 3 aromatic rings. The highest BCUT2D eigenvalue weighted by molar-refractivity contribution is 7.08. The topological polar surface area (TPSA) is 68.0 Å². The van der Waals surface area contributed by atoms with E-state index in [0.29, 0.717) is 42.9 Å². The summed E-state index contributed by atoms with van der Waals surface area (Å²) in [6.07, 6.45) is 0.783. The number of hydrogen-bond acceptors (Lipinski definition) is 5. The maximum Gasteiger partial charge on any atom is 0.227 e. The van der Waals surface area contributed by atoms with Crippen LogP contribution in [-0.4, -0.2) is 22.6 Å². The number of benzene rings is 1. The van der Waals surface area contributed by atoms with Crippen molar-refractivity contribution in [1.29, 1.82) is 0 Å². The Morgan fingerprint density at radius 2 is 2.04 bits per heavy atom. The first-order chi connectivity index (χ1) is 12.6. The summed E-state index contributed by atoms with van der Waals surface area (Å²) in [7, 11) is 0. The molecule has 1 atom stereocenters. The lowest BCUT2D eigenvalue weighted by Crippen LogP contribution is -2.30. The fourth-order valence-corrected chi connectivity index (χ4v) is 3.47. The first kappa shape index (κ1) is 18.3. The normalized spacial score (nSPS) is 12.3. The number of hydrogen-bond donors (Lipinski definition) is 1. The van der Waals surface area contributed by atoms with Gasteiger partial charge < -0.3 is 9.84 Å². The third-order valence-electron chi connectivity index (χ3n) is 4.36. The first-order valence-corrected chi connectivity index (χ1v) is 9.74. The molecule has 2 aromatic heterocycles. The van der Waals surface area contributed by atoms with Crippen molar-refractivity contribution in [3.63, 3.8) is 0 Å². The molecule has 6 heteroatoms. The van der Waals surface area contributed by atoms with Gasteiger partial charge in [-0.3, -0.25) is 4.79 Å². The minimum absolute atomic E-state index is 0.00173. The summed E-state index contributed by atoms with van der Waals surface area (Å²) in [6.45, 7) is 4.98. The van der Waals surface area contributed by atoms with Gasteiger partial charge in [-0.05, 0) is 22.9 Å². The summed E-state index contributed by atoms with van der Waals surface area (Å²) in [5.41, 5.74) is 2.19. The Balaban J connectivity index is 1.49. The van der Waals surface area contributed by atoms with E-state index in [1.54, 1.807) is 11.3 Å². The molecule has 2 heterocycles. The van der Waals surface area contributed by atoms with Crippen molar-refractivity contribution in [2.75, 3.05) is 6.54 Å². The van der Waals surface area contributed by atoms with Gasteiger partial charge in [0.15, 0.2) is 0 Å². The van der Waals surface area contributed by atoms with Crippen molar-refractivity contribution in [2.24, 2.45) is 5.92 Å². The molecular weight excluding hydrogens is 346 g/mol. The smallest absolute Gasteiger partial charge is 0.227 e. The predicted molar refractivity (Wildman–Crippen MR) is 103 cm³/mol. The molecule has 26 heavy (non-hydrogen) atoms. The predicted octanol–water partition coefficient (Wildman–Crippen LogP) is 4.29. The quantitative estimate of drug-likeness (QED) is 0.643. The van der Waals surface area contributed by atoms with Gasteiger partial charge >= 0.3 is 0 Å². The number of amides is 1. The van der Waals surface area contributed by atoms with Crippen molar-refractivity contribution in [2.45, 2.75) is 32.6 Å². The third-order valence-corrected chi connectivity index (χ3v) is 5.05. The maximum absolute atomic E-state index is 12.2. The Kier molecular flexibility index (Phi) is 6.17. The number of aromatic nitrogens is 2. The lowest BCUT2D eigenvalue weighted by atomic mass is 9.88. The van der Waals surface area contributed by atoms with Gasteiger partial charge in [0.1, 0.15) is 0 Å². The minimum atomic E-state index is 0.00173. The molecule has 0 aliphatic rings. The highest BCUT2D eigenvalue weighted by Gasteiger charge is 2.17. The zero-order valence-corrected chi connectivity index (χ0v) is 15.8. The van der Waals surface area contributed by atoms with E-state index in [4.69, 9.17) is 4.52 Å².